The lowest BCUT2D eigenvalue weighted by Gasteiger charge is -2.24. The second kappa shape index (κ2) is 6.57. The van der Waals surface area contributed by atoms with Crippen LogP contribution in [0.25, 0.3) is 0 Å². The van der Waals surface area contributed by atoms with Crippen molar-refractivity contribution in [1.82, 2.24) is 0 Å². The van der Waals surface area contributed by atoms with E-state index in [9.17, 15) is 4.57 Å². The molecule has 0 aliphatic heterocycles. The van der Waals surface area contributed by atoms with Crippen molar-refractivity contribution in [2.24, 2.45) is 5.84 Å². The molecule has 0 aromatic heterocycles. The monoisotopic (exact) mass is 303 g/mol. The molecule has 2 aromatic rings. The topological polar surface area (TPSA) is 43.1 Å². The quantitative estimate of drug-likeness (QED) is 0.385. The van der Waals surface area contributed by atoms with Gasteiger partial charge in [-0.05, 0) is 0 Å². The Bertz CT molecular complexity index is 562. The molecule has 2 N–H and O–H groups in total. The molecule has 0 fully saturated rings. The first kappa shape index (κ1) is 16.0. The number of hydrogen-bond donors (Lipinski definition) is 1. The van der Waals surface area contributed by atoms with E-state index in [0.29, 0.717) is 10.8 Å². The van der Waals surface area contributed by atoms with Gasteiger partial charge in [0.2, 0.25) is 0 Å². The Morgan fingerprint density at radius 1 is 0.905 bits per heavy atom. The highest BCUT2D eigenvalue weighted by Crippen LogP contribution is 2.43. The first-order valence-electron chi connectivity index (χ1n) is 7.24. The summed E-state index contributed by atoms with van der Waals surface area (Å²) in [6.45, 7) is 0.809. The normalized spacial score (nSPS) is 12.3. The van der Waals surface area contributed by atoms with E-state index in [-0.39, 0.29) is 0 Å². The Morgan fingerprint density at radius 2 is 1.33 bits per heavy atom. The number of benzene rings is 2. The Balaban J connectivity index is 2.30. The second-order valence-corrected chi connectivity index (χ2v) is 8.95. The van der Waals surface area contributed by atoms with Crippen molar-refractivity contribution in [3.63, 3.8) is 0 Å². The summed E-state index contributed by atoms with van der Waals surface area (Å²) in [4.78, 5) is 0. The largest absolute Gasteiger partial charge is 0.314 e. The van der Waals surface area contributed by atoms with Gasteiger partial charge in [-0.15, -0.1) is 0 Å². The number of rotatable bonds is 6. The average molecular weight is 303 g/mol. The third-order valence-corrected chi connectivity index (χ3v) is 6.76. The van der Waals surface area contributed by atoms with E-state index in [2.05, 4.69) is 0 Å². The summed E-state index contributed by atoms with van der Waals surface area (Å²) in [7, 11) is 1.33. The molecule has 0 aliphatic rings. The molecule has 21 heavy (non-hydrogen) atoms. The van der Waals surface area contributed by atoms with Crippen molar-refractivity contribution in [2.45, 2.75) is 6.42 Å². The molecule has 112 valence electrons. The molecule has 0 saturated heterocycles. The SMILES string of the molecule is C[N+](C)(N)CCCP(=O)(c1ccccc1)c1ccccc1. The van der Waals surface area contributed by atoms with Gasteiger partial charge in [-0.25, -0.2) is 0 Å². The van der Waals surface area contributed by atoms with Crippen LogP contribution in [0.5, 0.6) is 0 Å². The molecular formula is C17H24N2OP+. The average Bonchev–Trinajstić information content (AvgIpc) is 2.47. The first-order valence-corrected chi connectivity index (χ1v) is 9.13. The Kier molecular flexibility index (Phi) is 5.00. The summed E-state index contributed by atoms with van der Waals surface area (Å²) in [5.41, 5.74) is 0. The third-order valence-electron chi connectivity index (χ3n) is 3.55. The van der Waals surface area contributed by atoms with Crippen LogP contribution in [0.3, 0.4) is 0 Å². The molecule has 2 rings (SSSR count). The van der Waals surface area contributed by atoms with Crippen LogP contribution in [0.4, 0.5) is 0 Å². The van der Waals surface area contributed by atoms with E-state index in [0.717, 1.165) is 23.6 Å². The first-order chi connectivity index (χ1) is 9.92. The maximum Gasteiger partial charge on any atom is 0.143 e. The molecule has 0 aliphatic carbocycles. The van der Waals surface area contributed by atoms with E-state index < -0.39 is 7.14 Å². The Hall–Kier alpha value is -1.41. The fourth-order valence-corrected chi connectivity index (χ4v) is 5.15. The van der Waals surface area contributed by atoms with Crippen LogP contribution in [-0.2, 0) is 4.57 Å². The molecule has 0 unspecified atom stereocenters. The molecule has 2 aromatic carbocycles. The molecule has 0 atom stereocenters. The molecular weight excluding hydrogens is 279 g/mol. The summed E-state index contributed by atoms with van der Waals surface area (Å²) >= 11 is 0. The summed E-state index contributed by atoms with van der Waals surface area (Å²) < 4.78 is 14.1. The third kappa shape index (κ3) is 4.28. The lowest BCUT2D eigenvalue weighted by molar-refractivity contribution is -0.902. The summed E-state index contributed by atoms with van der Waals surface area (Å²) in [5, 5.41) is 1.86. The lowest BCUT2D eigenvalue weighted by atomic mass is 10.4. The van der Waals surface area contributed by atoms with Gasteiger partial charge in [0.05, 0.1) is 20.6 Å². The minimum absolute atomic E-state index is 0.406. The maximum atomic E-state index is 13.7. The molecule has 0 saturated carbocycles. The Morgan fingerprint density at radius 3 is 1.71 bits per heavy atom. The van der Waals surface area contributed by atoms with Crippen molar-refractivity contribution < 1.29 is 9.16 Å². The van der Waals surface area contributed by atoms with Gasteiger partial charge < -0.3 is 4.57 Å². The zero-order chi connectivity index (χ0) is 15.3. The fourth-order valence-electron chi connectivity index (χ4n) is 2.45. The molecule has 0 spiro atoms. The molecule has 4 heteroatoms. The predicted octanol–water partition coefficient (Wildman–Crippen LogP) is 2.34. The second-order valence-electron chi connectivity index (χ2n) is 5.99. The number of quaternary nitrogens is 1. The van der Waals surface area contributed by atoms with Crippen molar-refractivity contribution >= 4 is 17.8 Å². The highest BCUT2D eigenvalue weighted by molar-refractivity contribution is 7.78. The van der Waals surface area contributed by atoms with Gasteiger partial charge in [-0.2, -0.15) is 5.84 Å². The summed E-state index contributed by atoms with van der Waals surface area (Å²) in [6, 6.07) is 19.6. The van der Waals surface area contributed by atoms with E-state index in [1.54, 1.807) is 0 Å². The van der Waals surface area contributed by atoms with Gasteiger partial charge in [0, 0.05) is 23.2 Å². The molecule has 0 heterocycles. The number of nitrogens with two attached hydrogens (primary N) is 1. The van der Waals surface area contributed by atoms with Crippen molar-refractivity contribution in [1.29, 1.82) is 0 Å². The standard InChI is InChI=1S/C17H24N2OP/c1-19(2,18)14-9-15-21(20,16-10-5-3-6-11-16)17-12-7-4-8-13-17/h3-8,10-13H,9,14-15,18H2,1-2H3/q+1. The molecule has 0 bridgehead atoms. The van der Waals surface area contributed by atoms with Crippen LogP contribution in [-0.4, -0.2) is 31.4 Å². The van der Waals surface area contributed by atoms with Gasteiger partial charge in [-0.3, -0.25) is 4.59 Å². The van der Waals surface area contributed by atoms with Gasteiger partial charge in [0.15, 0.2) is 0 Å². The van der Waals surface area contributed by atoms with Crippen LogP contribution in [0, 0.1) is 0 Å². The van der Waals surface area contributed by atoms with E-state index in [1.165, 1.54) is 0 Å². The predicted molar refractivity (Wildman–Crippen MR) is 90.4 cm³/mol. The van der Waals surface area contributed by atoms with E-state index in [1.807, 2.05) is 74.8 Å². The smallest absolute Gasteiger partial charge is 0.143 e. The minimum atomic E-state index is -2.58. The summed E-state index contributed by atoms with van der Waals surface area (Å²) in [6.07, 6.45) is 1.49. The zero-order valence-electron chi connectivity index (χ0n) is 12.8. The number of nitrogens with zero attached hydrogens (tertiary/aromatic N) is 1. The molecule has 0 amide bonds. The van der Waals surface area contributed by atoms with Gasteiger partial charge in [-0.1, -0.05) is 60.7 Å². The van der Waals surface area contributed by atoms with Gasteiger partial charge in [0.1, 0.15) is 7.14 Å². The molecule has 0 radical (unpaired) electrons. The van der Waals surface area contributed by atoms with E-state index >= 15 is 0 Å². The van der Waals surface area contributed by atoms with Crippen molar-refractivity contribution in [3.8, 4) is 0 Å². The van der Waals surface area contributed by atoms with Crippen LogP contribution in [0.15, 0.2) is 60.7 Å². The maximum absolute atomic E-state index is 13.7. The van der Waals surface area contributed by atoms with Crippen molar-refractivity contribution in [3.05, 3.63) is 60.7 Å². The summed E-state index contributed by atoms with van der Waals surface area (Å²) in [5.74, 6) is 5.99. The molecule has 3 nitrogen and oxygen atoms in total. The lowest BCUT2D eigenvalue weighted by Crippen LogP contribution is -2.47. The van der Waals surface area contributed by atoms with Crippen molar-refractivity contribution in [2.75, 3.05) is 26.8 Å². The zero-order valence-corrected chi connectivity index (χ0v) is 13.7. The minimum Gasteiger partial charge on any atom is -0.314 e. The van der Waals surface area contributed by atoms with Crippen LogP contribution < -0.4 is 16.5 Å². The van der Waals surface area contributed by atoms with E-state index in [4.69, 9.17) is 5.84 Å². The van der Waals surface area contributed by atoms with Crippen LogP contribution in [0.2, 0.25) is 0 Å². The van der Waals surface area contributed by atoms with Crippen LogP contribution >= 0.6 is 7.14 Å². The van der Waals surface area contributed by atoms with Gasteiger partial charge in [0.25, 0.3) is 0 Å². The highest BCUT2D eigenvalue weighted by atomic mass is 31.2. The van der Waals surface area contributed by atoms with Gasteiger partial charge >= 0.3 is 0 Å². The van der Waals surface area contributed by atoms with Crippen LogP contribution in [0.1, 0.15) is 6.42 Å². The Labute approximate surface area is 127 Å². The fraction of sp³-hybridized carbons (Fsp3) is 0.294. The number of hydrogen-bond acceptors (Lipinski definition) is 2. The highest BCUT2D eigenvalue weighted by Gasteiger charge is 2.27.